The molecule has 1 aromatic rings. The number of carbonyl (C=O) groups is 2. The summed E-state index contributed by atoms with van der Waals surface area (Å²) in [5.41, 5.74) is -0.146. The number of hydrogen-bond acceptors (Lipinski definition) is 4. The van der Waals surface area contributed by atoms with Gasteiger partial charge in [0.25, 0.3) is 5.91 Å². The van der Waals surface area contributed by atoms with E-state index in [4.69, 9.17) is 0 Å². The highest BCUT2D eigenvalue weighted by Gasteiger charge is 2.50. The van der Waals surface area contributed by atoms with Crippen molar-refractivity contribution in [2.45, 2.75) is 51.7 Å². The SMILES string of the molecule is CC(=O)N1CC2(CCN(C(=O)c3ccn[nH]3)CC2)C[C@@H](O)C1(C)C. The second-order valence-electron chi connectivity index (χ2n) is 7.74. The van der Waals surface area contributed by atoms with Crippen LogP contribution >= 0.6 is 0 Å². The molecule has 0 unspecified atom stereocenters. The Morgan fingerprint density at radius 1 is 1.33 bits per heavy atom. The molecule has 132 valence electrons. The van der Waals surface area contributed by atoms with Crippen molar-refractivity contribution in [3.05, 3.63) is 18.0 Å². The van der Waals surface area contributed by atoms with E-state index in [-0.39, 0.29) is 17.2 Å². The highest BCUT2D eigenvalue weighted by molar-refractivity contribution is 5.92. The van der Waals surface area contributed by atoms with E-state index in [9.17, 15) is 14.7 Å². The maximum atomic E-state index is 12.4. The third-order valence-electron chi connectivity index (χ3n) is 5.85. The first-order valence-corrected chi connectivity index (χ1v) is 8.50. The number of piperidine rings is 2. The van der Waals surface area contributed by atoms with E-state index in [0.717, 1.165) is 12.8 Å². The van der Waals surface area contributed by atoms with Crippen LogP contribution in [0, 0.1) is 5.41 Å². The quantitative estimate of drug-likeness (QED) is 0.802. The Morgan fingerprint density at radius 2 is 2.00 bits per heavy atom. The number of H-pyrrole nitrogens is 1. The van der Waals surface area contributed by atoms with Crippen LogP contribution < -0.4 is 0 Å². The molecule has 3 heterocycles. The van der Waals surface area contributed by atoms with Crippen molar-refractivity contribution in [1.29, 1.82) is 0 Å². The minimum atomic E-state index is -0.551. The molecule has 2 aliphatic heterocycles. The molecule has 3 rings (SSSR count). The van der Waals surface area contributed by atoms with Gasteiger partial charge in [-0.15, -0.1) is 0 Å². The highest BCUT2D eigenvalue weighted by atomic mass is 16.3. The molecule has 0 radical (unpaired) electrons. The monoisotopic (exact) mass is 334 g/mol. The van der Waals surface area contributed by atoms with E-state index in [1.165, 1.54) is 0 Å². The highest BCUT2D eigenvalue weighted by Crippen LogP contribution is 2.45. The van der Waals surface area contributed by atoms with Gasteiger partial charge < -0.3 is 14.9 Å². The lowest BCUT2D eigenvalue weighted by atomic mass is 9.67. The maximum absolute atomic E-state index is 12.4. The minimum absolute atomic E-state index is 0.00547. The summed E-state index contributed by atoms with van der Waals surface area (Å²) in [5, 5.41) is 17.1. The lowest BCUT2D eigenvalue weighted by Gasteiger charge is -2.55. The van der Waals surface area contributed by atoms with E-state index in [1.54, 1.807) is 24.1 Å². The van der Waals surface area contributed by atoms with Gasteiger partial charge in [-0.3, -0.25) is 14.7 Å². The van der Waals surface area contributed by atoms with Gasteiger partial charge in [-0.25, -0.2) is 0 Å². The van der Waals surface area contributed by atoms with Crippen molar-refractivity contribution in [3.8, 4) is 0 Å². The fraction of sp³-hybridized carbons (Fsp3) is 0.706. The fourth-order valence-corrected chi connectivity index (χ4v) is 4.05. The first kappa shape index (κ1) is 17.0. The van der Waals surface area contributed by atoms with Crippen LogP contribution in [0.1, 0.15) is 50.5 Å². The van der Waals surface area contributed by atoms with Crippen LogP contribution in [-0.4, -0.2) is 68.2 Å². The lowest BCUT2D eigenvalue weighted by molar-refractivity contribution is -0.156. The van der Waals surface area contributed by atoms with E-state index >= 15 is 0 Å². The lowest BCUT2D eigenvalue weighted by Crippen LogP contribution is -2.64. The number of likely N-dealkylation sites (tertiary alicyclic amines) is 2. The van der Waals surface area contributed by atoms with Crippen molar-refractivity contribution in [2.75, 3.05) is 19.6 Å². The molecule has 1 atom stereocenters. The van der Waals surface area contributed by atoms with E-state index in [0.29, 0.717) is 31.7 Å². The molecule has 0 bridgehead atoms. The van der Waals surface area contributed by atoms with Crippen LogP contribution in [0.25, 0.3) is 0 Å². The van der Waals surface area contributed by atoms with E-state index in [1.807, 2.05) is 18.7 Å². The Kier molecular flexibility index (Phi) is 4.15. The van der Waals surface area contributed by atoms with Crippen LogP contribution in [0.15, 0.2) is 12.3 Å². The van der Waals surface area contributed by atoms with Gasteiger partial charge in [-0.1, -0.05) is 0 Å². The Hall–Kier alpha value is -1.89. The molecule has 2 N–H and O–H groups in total. The number of aliphatic hydroxyl groups excluding tert-OH is 1. The Bertz CT molecular complexity index is 618. The standard InChI is InChI=1S/C17H26N4O3/c1-12(22)21-11-17(10-14(23)16(21,2)3)5-8-20(9-6-17)15(24)13-4-7-18-19-13/h4,7,14,23H,5-6,8-11H2,1-3H3,(H,18,19)/t14-/m1/s1. The van der Waals surface area contributed by atoms with Gasteiger partial charge in [0.05, 0.1) is 11.6 Å². The summed E-state index contributed by atoms with van der Waals surface area (Å²) in [6, 6.07) is 1.68. The number of nitrogens with one attached hydrogen (secondary N) is 1. The average Bonchev–Trinajstić information content (AvgIpc) is 3.05. The van der Waals surface area contributed by atoms with Gasteiger partial charge in [-0.05, 0) is 44.6 Å². The summed E-state index contributed by atoms with van der Waals surface area (Å²) in [4.78, 5) is 28.1. The zero-order valence-electron chi connectivity index (χ0n) is 14.6. The van der Waals surface area contributed by atoms with Crippen molar-refractivity contribution in [2.24, 2.45) is 5.41 Å². The van der Waals surface area contributed by atoms with Gasteiger partial charge >= 0.3 is 0 Å². The van der Waals surface area contributed by atoms with Gasteiger partial charge in [0, 0.05) is 32.8 Å². The number of hydrogen-bond donors (Lipinski definition) is 2. The Balaban J connectivity index is 1.71. The molecule has 1 aromatic heterocycles. The average molecular weight is 334 g/mol. The third kappa shape index (κ3) is 2.81. The minimum Gasteiger partial charge on any atom is -0.391 e. The van der Waals surface area contributed by atoms with Gasteiger partial charge in [-0.2, -0.15) is 5.10 Å². The molecule has 0 saturated carbocycles. The molecule has 0 aliphatic carbocycles. The third-order valence-corrected chi connectivity index (χ3v) is 5.85. The molecule has 0 aromatic carbocycles. The number of nitrogens with zero attached hydrogens (tertiary/aromatic N) is 3. The second kappa shape index (κ2) is 5.88. The summed E-state index contributed by atoms with van der Waals surface area (Å²) in [5.74, 6) is -0.0449. The molecule has 7 heteroatoms. The molecule has 2 amide bonds. The smallest absolute Gasteiger partial charge is 0.271 e. The number of aromatic nitrogens is 2. The number of aromatic amines is 1. The number of aliphatic hydroxyl groups is 1. The van der Waals surface area contributed by atoms with Crippen LogP contribution in [-0.2, 0) is 4.79 Å². The van der Waals surface area contributed by atoms with Crippen LogP contribution in [0.3, 0.4) is 0 Å². The molecule has 1 spiro atoms. The van der Waals surface area contributed by atoms with Crippen molar-refractivity contribution in [1.82, 2.24) is 20.0 Å². The van der Waals surface area contributed by atoms with Crippen LogP contribution in [0.4, 0.5) is 0 Å². The molecule has 24 heavy (non-hydrogen) atoms. The first-order valence-electron chi connectivity index (χ1n) is 8.50. The van der Waals surface area contributed by atoms with E-state index < -0.39 is 11.6 Å². The number of carbonyl (C=O) groups excluding carboxylic acids is 2. The molecule has 2 aliphatic rings. The van der Waals surface area contributed by atoms with Gasteiger partial charge in [0.15, 0.2) is 0 Å². The summed E-state index contributed by atoms with van der Waals surface area (Å²) in [6.45, 7) is 7.32. The van der Waals surface area contributed by atoms with Crippen LogP contribution in [0.5, 0.6) is 0 Å². The summed E-state index contributed by atoms with van der Waals surface area (Å²) < 4.78 is 0. The van der Waals surface area contributed by atoms with Crippen LogP contribution in [0.2, 0.25) is 0 Å². The first-order chi connectivity index (χ1) is 11.3. The maximum Gasteiger partial charge on any atom is 0.271 e. The Morgan fingerprint density at radius 3 is 2.54 bits per heavy atom. The van der Waals surface area contributed by atoms with Crippen molar-refractivity contribution in [3.63, 3.8) is 0 Å². The zero-order chi connectivity index (χ0) is 17.5. The van der Waals surface area contributed by atoms with Gasteiger partial charge in [0.2, 0.25) is 5.91 Å². The summed E-state index contributed by atoms with van der Waals surface area (Å²) in [7, 11) is 0. The fourth-order valence-electron chi connectivity index (χ4n) is 4.05. The molecule has 7 nitrogen and oxygen atoms in total. The molecular formula is C17H26N4O3. The van der Waals surface area contributed by atoms with Crippen molar-refractivity contribution < 1.29 is 14.7 Å². The predicted octanol–water partition coefficient (Wildman–Crippen LogP) is 1.02. The number of amides is 2. The topological polar surface area (TPSA) is 89.5 Å². The summed E-state index contributed by atoms with van der Waals surface area (Å²) >= 11 is 0. The Labute approximate surface area is 142 Å². The zero-order valence-corrected chi connectivity index (χ0v) is 14.6. The van der Waals surface area contributed by atoms with Gasteiger partial charge in [0.1, 0.15) is 5.69 Å². The molecule has 2 fully saturated rings. The predicted molar refractivity (Wildman–Crippen MR) is 88.2 cm³/mol. The second-order valence-corrected chi connectivity index (χ2v) is 7.74. The molecular weight excluding hydrogens is 308 g/mol. The normalized spacial score (nSPS) is 25.8. The summed E-state index contributed by atoms with van der Waals surface area (Å²) in [6.07, 6.45) is 3.29. The van der Waals surface area contributed by atoms with E-state index in [2.05, 4.69) is 10.2 Å². The largest absolute Gasteiger partial charge is 0.391 e. The van der Waals surface area contributed by atoms with Crippen molar-refractivity contribution >= 4 is 11.8 Å². The number of rotatable bonds is 1. The molecule has 2 saturated heterocycles.